The predicted octanol–water partition coefficient (Wildman–Crippen LogP) is 1.75. The van der Waals surface area contributed by atoms with Crippen LogP contribution in [0.2, 0.25) is 0 Å². The zero-order valence-electron chi connectivity index (χ0n) is 7.29. The standard InChI is InChI=1S/C8H17N.W/c1-6-8(4)9(5)7(2)3;/h6-8H,2H2,1,3-5H3;/q-2;+2. The molecule has 0 spiro atoms. The second-order valence-corrected chi connectivity index (χ2v) is 2.59. The van der Waals surface area contributed by atoms with Crippen LogP contribution in [0.4, 0.5) is 0 Å². The van der Waals surface area contributed by atoms with Crippen LogP contribution < -0.4 is 0 Å². The molecule has 10 heavy (non-hydrogen) atoms. The quantitative estimate of drug-likeness (QED) is 0.718. The van der Waals surface area contributed by atoms with E-state index in [0.717, 1.165) is 0 Å². The van der Waals surface area contributed by atoms with Crippen molar-refractivity contribution in [1.29, 1.82) is 0 Å². The Balaban J connectivity index is 0. The van der Waals surface area contributed by atoms with Crippen LogP contribution in [0, 0.1) is 13.3 Å². The van der Waals surface area contributed by atoms with Gasteiger partial charge in [0, 0.05) is 0 Å². The van der Waals surface area contributed by atoms with Gasteiger partial charge in [0.25, 0.3) is 0 Å². The van der Waals surface area contributed by atoms with Crippen molar-refractivity contribution in [3.63, 3.8) is 0 Å². The van der Waals surface area contributed by atoms with Crippen LogP contribution in [0.1, 0.15) is 20.8 Å². The van der Waals surface area contributed by atoms with Crippen LogP contribution in [-0.2, 0) is 21.1 Å². The van der Waals surface area contributed by atoms with Crippen LogP contribution in [0.5, 0.6) is 0 Å². The summed E-state index contributed by atoms with van der Waals surface area (Å²) < 4.78 is 0. The Morgan fingerprint density at radius 3 is 1.90 bits per heavy atom. The summed E-state index contributed by atoms with van der Waals surface area (Å²) in [5.74, 6) is 0. The van der Waals surface area contributed by atoms with Crippen LogP contribution >= 0.6 is 0 Å². The predicted molar refractivity (Wildman–Crippen MR) is 42.0 cm³/mol. The largest absolute Gasteiger partial charge is 2.00 e. The van der Waals surface area contributed by atoms with Crippen molar-refractivity contribution < 1.29 is 21.1 Å². The summed E-state index contributed by atoms with van der Waals surface area (Å²) in [7, 11) is 2.09. The van der Waals surface area contributed by atoms with Crippen molar-refractivity contribution in [2.75, 3.05) is 7.05 Å². The average Bonchev–Trinajstić information content (AvgIpc) is 1.84. The van der Waals surface area contributed by atoms with Crippen LogP contribution in [0.25, 0.3) is 0 Å². The maximum Gasteiger partial charge on any atom is 2.00 e. The van der Waals surface area contributed by atoms with Crippen molar-refractivity contribution in [3.8, 4) is 0 Å². The zero-order chi connectivity index (χ0) is 7.44. The van der Waals surface area contributed by atoms with Gasteiger partial charge in [-0.25, -0.2) is 0 Å². The Bertz CT molecular complexity index is 73.7. The summed E-state index contributed by atoms with van der Waals surface area (Å²) in [6.45, 7) is 10.3. The molecule has 0 saturated carbocycles. The van der Waals surface area contributed by atoms with Crippen molar-refractivity contribution in [1.82, 2.24) is 4.90 Å². The molecule has 0 aromatic rings. The fourth-order valence-electron chi connectivity index (χ4n) is 0.637. The number of hydrogen-bond donors (Lipinski definition) is 0. The van der Waals surface area contributed by atoms with Gasteiger partial charge in [-0.05, 0) is 7.05 Å². The molecule has 0 saturated heterocycles. The Morgan fingerprint density at radius 1 is 1.40 bits per heavy atom. The molecule has 2 atom stereocenters. The van der Waals surface area contributed by atoms with Gasteiger partial charge in [-0.15, -0.1) is 12.1 Å². The molecule has 0 N–H and O–H groups in total. The van der Waals surface area contributed by atoms with E-state index in [9.17, 15) is 0 Å². The summed E-state index contributed by atoms with van der Waals surface area (Å²) in [6.07, 6.45) is 2.17. The van der Waals surface area contributed by atoms with Crippen molar-refractivity contribution in [2.24, 2.45) is 0 Å². The Kier molecular flexibility index (Phi) is 8.43. The molecule has 0 aromatic heterocycles. The summed E-state index contributed by atoms with van der Waals surface area (Å²) in [5.41, 5.74) is 0. The second kappa shape index (κ2) is 6.36. The fourth-order valence-corrected chi connectivity index (χ4v) is 0.637. The maximum atomic E-state index is 3.91. The molecule has 2 heteroatoms. The van der Waals surface area contributed by atoms with Crippen LogP contribution in [-0.4, -0.2) is 24.0 Å². The molecule has 0 aliphatic rings. The minimum Gasteiger partial charge on any atom is -0.360 e. The zero-order valence-corrected chi connectivity index (χ0v) is 10.2. The first-order valence-corrected chi connectivity index (χ1v) is 3.44. The average molecular weight is 311 g/mol. The molecule has 0 rings (SSSR count). The Morgan fingerprint density at radius 2 is 1.80 bits per heavy atom. The van der Waals surface area contributed by atoms with Gasteiger partial charge >= 0.3 is 21.1 Å². The normalized spacial score (nSPS) is 16.2. The van der Waals surface area contributed by atoms with E-state index >= 15 is 0 Å². The first-order valence-electron chi connectivity index (χ1n) is 3.44. The monoisotopic (exact) mass is 311 g/mol. The third kappa shape index (κ3) is 4.46. The number of hydrogen-bond acceptors (Lipinski definition) is 1. The van der Waals surface area contributed by atoms with E-state index in [0.29, 0.717) is 12.1 Å². The van der Waals surface area contributed by atoms with E-state index in [-0.39, 0.29) is 21.1 Å². The van der Waals surface area contributed by atoms with Crippen molar-refractivity contribution in [2.45, 2.75) is 32.9 Å². The first-order chi connectivity index (χ1) is 4.09. The minimum absolute atomic E-state index is 0. The molecule has 0 bridgehead atoms. The smallest absolute Gasteiger partial charge is 0.360 e. The summed E-state index contributed by atoms with van der Waals surface area (Å²) in [4.78, 5) is 2.22. The first kappa shape index (κ1) is 13.3. The van der Waals surface area contributed by atoms with E-state index in [1.54, 1.807) is 0 Å². The topological polar surface area (TPSA) is 3.24 Å². The van der Waals surface area contributed by atoms with Gasteiger partial charge in [0.2, 0.25) is 0 Å². The molecule has 0 aliphatic carbocycles. The molecular formula is C8H17NW. The molecule has 0 heterocycles. The van der Waals surface area contributed by atoms with Gasteiger partial charge in [-0.1, -0.05) is 13.8 Å². The van der Waals surface area contributed by atoms with E-state index in [2.05, 4.69) is 46.1 Å². The van der Waals surface area contributed by atoms with Crippen LogP contribution in [0.3, 0.4) is 0 Å². The maximum absolute atomic E-state index is 3.91. The number of nitrogens with zero attached hydrogens (tertiary/aromatic N) is 1. The molecule has 0 radical (unpaired) electrons. The van der Waals surface area contributed by atoms with E-state index in [1.807, 2.05) is 0 Å². The van der Waals surface area contributed by atoms with Gasteiger partial charge in [0.15, 0.2) is 0 Å². The van der Waals surface area contributed by atoms with E-state index in [1.165, 1.54) is 0 Å². The molecule has 60 valence electrons. The van der Waals surface area contributed by atoms with Gasteiger partial charge < -0.3 is 18.2 Å². The number of rotatable bonds is 3. The summed E-state index contributed by atoms with van der Waals surface area (Å²) >= 11 is 0. The molecule has 0 fully saturated rings. The van der Waals surface area contributed by atoms with Gasteiger partial charge in [-0.2, -0.15) is 6.92 Å². The molecule has 1 nitrogen and oxygen atoms in total. The third-order valence-corrected chi connectivity index (χ3v) is 1.82. The van der Waals surface area contributed by atoms with Gasteiger partial charge in [0.1, 0.15) is 0 Å². The molecule has 0 amide bonds. The van der Waals surface area contributed by atoms with Crippen molar-refractivity contribution in [3.05, 3.63) is 13.3 Å². The van der Waals surface area contributed by atoms with Crippen molar-refractivity contribution >= 4 is 0 Å². The Labute approximate surface area is 79.4 Å². The summed E-state index contributed by atoms with van der Waals surface area (Å²) in [6, 6.07) is 0.939. The molecule has 2 unspecified atom stereocenters. The Hall–Kier alpha value is 0.648. The third-order valence-electron chi connectivity index (χ3n) is 1.82. The van der Waals surface area contributed by atoms with Crippen LogP contribution in [0.15, 0.2) is 0 Å². The SMILES string of the molecule is [CH2-]C(C)N(C)C(C)[CH-]C.[W+2]. The van der Waals surface area contributed by atoms with Gasteiger partial charge in [0.05, 0.1) is 0 Å². The van der Waals surface area contributed by atoms with E-state index < -0.39 is 0 Å². The fraction of sp³-hybridized carbons (Fsp3) is 0.750. The van der Waals surface area contributed by atoms with Gasteiger partial charge in [-0.3, -0.25) is 0 Å². The second-order valence-electron chi connectivity index (χ2n) is 2.59. The summed E-state index contributed by atoms with van der Waals surface area (Å²) in [5, 5.41) is 0. The van der Waals surface area contributed by atoms with E-state index in [4.69, 9.17) is 0 Å². The molecular weight excluding hydrogens is 294 g/mol. The minimum atomic E-state index is 0. The molecule has 0 aromatic carbocycles. The molecule has 0 aliphatic heterocycles.